The fourth-order valence-electron chi connectivity index (χ4n) is 2.88. The second-order valence-electron chi connectivity index (χ2n) is 6.92. The van der Waals surface area contributed by atoms with E-state index in [4.69, 9.17) is 4.42 Å². The van der Waals surface area contributed by atoms with E-state index in [0.29, 0.717) is 27.8 Å². The van der Waals surface area contributed by atoms with Crippen LogP contribution in [-0.2, 0) is 10.0 Å². The summed E-state index contributed by atoms with van der Waals surface area (Å²) in [5.74, 6) is 0.161. The van der Waals surface area contributed by atoms with Gasteiger partial charge in [0.05, 0.1) is 11.2 Å². The summed E-state index contributed by atoms with van der Waals surface area (Å²) >= 11 is 1.26. The molecule has 0 saturated heterocycles. The minimum atomic E-state index is -3.85. The number of nitrogens with one attached hydrogen (secondary N) is 2. The maximum Gasteiger partial charge on any atom is 0.261 e. The van der Waals surface area contributed by atoms with Crippen LogP contribution in [0.2, 0.25) is 0 Å². The van der Waals surface area contributed by atoms with Crippen LogP contribution in [0.3, 0.4) is 0 Å². The number of aryl methyl sites for hydroxylation is 2. The van der Waals surface area contributed by atoms with Gasteiger partial charge in [-0.3, -0.25) is 14.8 Å². The summed E-state index contributed by atoms with van der Waals surface area (Å²) in [6.07, 6.45) is 1.55. The molecule has 0 radical (unpaired) electrons. The zero-order valence-electron chi connectivity index (χ0n) is 16.7. The summed E-state index contributed by atoms with van der Waals surface area (Å²) in [5.41, 5.74) is 2.98. The largest absolute Gasteiger partial charge is 0.463 e. The van der Waals surface area contributed by atoms with E-state index in [2.05, 4.69) is 15.0 Å². The van der Waals surface area contributed by atoms with Gasteiger partial charge >= 0.3 is 0 Å². The van der Waals surface area contributed by atoms with Crippen molar-refractivity contribution in [2.75, 3.05) is 10.0 Å². The van der Waals surface area contributed by atoms with Gasteiger partial charge in [-0.15, -0.1) is 11.3 Å². The minimum absolute atomic E-state index is 0.000705. The fourth-order valence-corrected chi connectivity index (χ4v) is 4.66. The third kappa shape index (κ3) is 4.68. The van der Waals surface area contributed by atoms with Gasteiger partial charge in [0, 0.05) is 16.6 Å². The molecular weight excluding hydrogens is 434 g/mol. The zero-order chi connectivity index (χ0) is 22.0. The Kier molecular flexibility index (Phi) is 5.62. The predicted octanol–water partition coefficient (Wildman–Crippen LogP) is 5.07. The average molecular weight is 454 g/mol. The lowest BCUT2D eigenvalue weighted by Crippen LogP contribution is -2.17. The number of thiazole rings is 1. The van der Waals surface area contributed by atoms with Crippen molar-refractivity contribution < 1.29 is 17.6 Å². The lowest BCUT2D eigenvalue weighted by Gasteiger charge is -2.11. The van der Waals surface area contributed by atoms with Gasteiger partial charge in [0.2, 0.25) is 0 Å². The van der Waals surface area contributed by atoms with E-state index in [-0.39, 0.29) is 10.5 Å². The van der Waals surface area contributed by atoms with Gasteiger partial charge in [0.1, 0.15) is 5.69 Å². The number of carbonyl (C=O) groups is 1. The highest BCUT2D eigenvalue weighted by molar-refractivity contribution is 7.92. The molecule has 4 rings (SSSR count). The molecule has 31 heavy (non-hydrogen) atoms. The number of anilines is 2. The summed E-state index contributed by atoms with van der Waals surface area (Å²) in [5, 5.41) is 4.89. The molecule has 0 saturated carbocycles. The first-order valence-electron chi connectivity index (χ1n) is 9.33. The maximum atomic E-state index is 12.8. The smallest absolute Gasteiger partial charge is 0.261 e. The summed E-state index contributed by atoms with van der Waals surface area (Å²) in [4.78, 5) is 17.2. The number of rotatable bonds is 6. The molecular formula is C22H19N3O4S2. The van der Waals surface area contributed by atoms with Crippen LogP contribution in [0.1, 0.15) is 21.5 Å². The van der Waals surface area contributed by atoms with Crippen molar-refractivity contribution in [2.45, 2.75) is 18.7 Å². The maximum absolute atomic E-state index is 12.8. The normalized spacial score (nSPS) is 11.3. The van der Waals surface area contributed by atoms with Crippen LogP contribution >= 0.6 is 11.3 Å². The van der Waals surface area contributed by atoms with Gasteiger partial charge < -0.3 is 4.42 Å². The van der Waals surface area contributed by atoms with E-state index in [9.17, 15) is 13.2 Å². The van der Waals surface area contributed by atoms with Crippen molar-refractivity contribution in [1.82, 2.24) is 4.98 Å². The Labute approximate surface area is 183 Å². The molecule has 0 fully saturated rings. The van der Waals surface area contributed by atoms with Gasteiger partial charge in [-0.05, 0) is 55.8 Å². The van der Waals surface area contributed by atoms with Crippen LogP contribution in [-0.4, -0.2) is 19.3 Å². The average Bonchev–Trinajstić information content (AvgIpc) is 3.41. The number of sulfonamides is 1. The van der Waals surface area contributed by atoms with Crippen LogP contribution in [0.15, 0.2) is 75.6 Å². The molecule has 1 amide bonds. The number of benzene rings is 2. The molecule has 0 bridgehead atoms. The molecule has 2 heterocycles. The molecule has 4 aromatic rings. The predicted molar refractivity (Wildman–Crippen MR) is 121 cm³/mol. The Hall–Kier alpha value is -3.43. The Morgan fingerprint density at radius 2 is 1.84 bits per heavy atom. The summed E-state index contributed by atoms with van der Waals surface area (Å²) < 4.78 is 33.4. The SMILES string of the molecule is Cc1ccc(NS(=O)(=O)c2ccc(C)c(C(=O)Nc3nc(-c4ccco4)cs3)c2)cc1. The second-order valence-corrected chi connectivity index (χ2v) is 9.46. The highest BCUT2D eigenvalue weighted by atomic mass is 32.2. The molecule has 7 nitrogen and oxygen atoms in total. The summed E-state index contributed by atoms with van der Waals surface area (Å²) in [7, 11) is -3.85. The molecule has 0 spiro atoms. The lowest BCUT2D eigenvalue weighted by molar-refractivity contribution is 0.102. The number of hydrogen-bond acceptors (Lipinski definition) is 6. The molecule has 2 aromatic heterocycles. The topological polar surface area (TPSA) is 101 Å². The minimum Gasteiger partial charge on any atom is -0.463 e. The van der Waals surface area contributed by atoms with Crippen LogP contribution < -0.4 is 10.0 Å². The van der Waals surface area contributed by atoms with Gasteiger partial charge in [0.15, 0.2) is 10.9 Å². The monoisotopic (exact) mass is 453 g/mol. The van der Waals surface area contributed by atoms with E-state index >= 15 is 0 Å². The van der Waals surface area contributed by atoms with E-state index in [1.165, 1.54) is 23.5 Å². The van der Waals surface area contributed by atoms with Crippen LogP contribution in [0.25, 0.3) is 11.5 Å². The van der Waals surface area contributed by atoms with E-state index < -0.39 is 15.9 Å². The highest BCUT2D eigenvalue weighted by Gasteiger charge is 2.19. The van der Waals surface area contributed by atoms with Gasteiger partial charge in [-0.1, -0.05) is 23.8 Å². The number of furan rings is 1. The van der Waals surface area contributed by atoms with E-state index in [0.717, 1.165) is 5.56 Å². The molecule has 2 aromatic carbocycles. The Balaban J connectivity index is 1.55. The molecule has 0 unspecified atom stereocenters. The number of carbonyl (C=O) groups excluding carboxylic acids is 1. The van der Waals surface area contributed by atoms with Crippen molar-refractivity contribution in [3.63, 3.8) is 0 Å². The zero-order valence-corrected chi connectivity index (χ0v) is 18.4. The molecule has 0 aliphatic carbocycles. The van der Waals surface area contributed by atoms with Crippen molar-refractivity contribution in [2.24, 2.45) is 0 Å². The van der Waals surface area contributed by atoms with Crippen LogP contribution in [0.4, 0.5) is 10.8 Å². The third-order valence-electron chi connectivity index (χ3n) is 4.57. The van der Waals surface area contributed by atoms with Gasteiger partial charge in [-0.2, -0.15) is 0 Å². The molecule has 0 aliphatic rings. The second kappa shape index (κ2) is 8.37. The van der Waals surface area contributed by atoms with Crippen LogP contribution in [0, 0.1) is 13.8 Å². The standard InChI is InChI=1S/C22H19N3O4S2/c1-14-5-8-16(9-6-14)25-31(27,28)17-10-7-15(2)18(12-17)21(26)24-22-23-19(13-30-22)20-4-3-11-29-20/h3-13,25H,1-2H3,(H,23,24,26). The Bertz CT molecular complexity index is 1330. The first kappa shape index (κ1) is 20.8. The van der Waals surface area contributed by atoms with Crippen molar-refractivity contribution >= 4 is 38.1 Å². The van der Waals surface area contributed by atoms with Gasteiger partial charge in [-0.25, -0.2) is 13.4 Å². The van der Waals surface area contributed by atoms with Crippen molar-refractivity contribution in [3.8, 4) is 11.5 Å². The Morgan fingerprint density at radius 3 is 2.55 bits per heavy atom. The lowest BCUT2D eigenvalue weighted by atomic mass is 10.1. The van der Waals surface area contributed by atoms with Crippen molar-refractivity contribution in [1.29, 1.82) is 0 Å². The number of aromatic nitrogens is 1. The highest BCUT2D eigenvalue weighted by Crippen LogP contribution is 2.26. The quantitative estimate of drug-likeness (QED) is 0.424. The molecule has 2 N–H and O–H groups in total. The summed E-state index contributed by atoms with van der Waals surface area (Å²) in [6.45, 7) is 3.66. The number of hydrogen-bond donors (Lipinski definition) is 2. The Morgan fingerprint density at radius 1 is 1.06 bits per heavy atom. The summed E-state index contributed by atoms with van der Waals surface area (Å²) in [6, 6.07) is 15.0. The molecule has 0 aliphatic heterocycles. The molecule has 9 heteroatoms. The third-order valence-corrected chi connectivity index (χ3v) is 6.70. The molecule has 0 atom stereocenters. The number of amides is 1. The van der Waals surface area contributed by atoms with E-state index in [1.807, 2.05) is 19.1 Å². The fraction of sp³-hybridized carbons (Fsp3) is 0.0909. The first-order chi connectivity index (χ1) is 14.8. The van der Waals surface area contributed by atoms with Crippen LogP contribution in [0.5, 0.6) is 0 Å². The van der Waals surface area contributed by atoms with E-state index in [1.54, 1.807) is 48.9 Å². The van der Waals surface area contributed by atoms with Gasteiger partial charge in [0.25, 0.3) is 15.9 Å². The number of nitrogens with zero attached hydrogens (tertiary/aromatic N) is 1. The molecule has 158 valence electrons. The first-order valence-corrected chi connectivity index (χ1v) is 11.7. The van der Waals surface area contributed by atoms with Crippen molar-refractivity contribution in [3.05, 3.63) is 82.9 Å².